The summed E-state index contributed by atoms with van der Waals surface area (Å²) in [6, 6.07) is 3.01. The lowest BCUT2D eigenvalue weighted by atomic mass is 10.2. The highest BCUT2D eigenvalue weighted by atomic mass is 35.5. The molecule has 1 aliphatic heterocycles. The Labute approximate surface area is 156 Å². The van der Waals surface area contributed by atoms with Gasteiger partial charge in [-0.3, -0.25) is 9.78 Å². The van der Waals surface area contributed by atoms with Crippen molar-refractivity contribution in [1.29, 1.82) is 0 Å². The summed E-state index contributed by atoms with van der Waals surface area (Å²) in [5.74, 6) is 0.452. The lowest BCUT2D eigenvalue weighted by Gasteiger charge is -2.14. The molecule has 142 valence electrons. The molecule has 0 amide bonds. The number of halogens is 4. The van der Waals surface area contributed by atoms with E-state index in [9.17, 15) is 18.0 Å². The molecule has 0 aliphatic carbocycles. The van der Waals surface area contributed by atoms with Gasteiger partial charge in [-0.15, -0.1) is 5.10 Å². The van der Waals surface area contributed by atoms with E-state index in [0.29, 0.717) is 11.6 Å². The molecule has 0 spiro atoms. The molecular formula is C17H15ClF3N5O. The number of aromatic amines is 1. The van der Waals surface area contributed by atoms with Crippen molar-refractivity contribution in [3.63, 3.8) is 0 Å². The van der Waals surface area contributed by atoms with Gasteiger partial charge in [-0.2, -0.15) is 18.2 Å². The molecular weight excluding hydrogens is 383 g/mol. The Hall–Kier alpha value is -2.55. The summed E-state index contributed by atoms with van der Waals surface area (Å²) in [6.07, 6.45) is -2.44. The number of aromatic nitrogens is 4. The maximum Gasteiger partial charge on any atom is 0.416 e. The van der Waals surface area contributed by atoms with Crippen LogP contribution in [0.2, 0.25) is 5.02 Å². The van der Waals surface area contributed by atoms with Gasteiger partial charge in [-0.05, 0) is 38.0 Å². The first-order valence-electron chi connectivity index (χ1n) is 8.37. The van der Waals surface area contributed by atoms with Gasteiger partial charge in [0.15, 0.2) is 5.65 Å². The zero-order chi connectivity index (χ0) is 19.3. The van der Waals surface area contributed by atoms with Crippen molar-refractivity contribution in [3.05, 3.63) is 44.8 Å². The fraction of sp³-hybridized carbons (Fsp3) is 0.353. The highest BCUT2D eigenvalue weighted by Crippen LogP contribution is 2.33. The quantitative estimate of drug-likeness (QED) is 0.716. The molecule has 0 unspecified atom stereocenters. The molecule has 4 rings (SSSR count). The van der Waals surface area contributed by atoms with Crippen molar-refractivity contribution in [2.45, 2.75) is 25.9 Å². The second kappa shape index (κ2) is 6.26. The molecule has 1 N–H and O–H groups in total. The number of alkyl halides is 3. The standard InChI is InChI=1S/C17H15ClF3N5O/c1-9-13-14(22-16(23-15(13)27)25-6-2-3-7-25)24-26(9)12-5-4-10(8-11(12)18)17(19,20)21/h4-5,8H,2-3,6-7H2,1H3,(H,22,23,24,27). The Kier molecular flexibility index (Phi) is 4.14. The van der Waals surface area contributed by atoms with Crippen LogP contribution in [0, 0.1) is 6.92 Å². The Balaban J connectivity index is 1.84. The van der Waals surface area contributed by atoms with Crippen LogP contribution in [0.1, 0.15) is 24.1 Å². The van der Waals surface area contributed by atoms with Crippen LogP contribution < -0.4 is 10.5 Å². The maximum absolute atomic E-state index is 12.9. The molecule has 2 aromatic heterocycles. The van der Waals surface area contributed by atoms with Gasteiger partial charge in [0.2, 0.25) is 5.95 Å². The molecule has 0 atom stereocenters. The van der Waals surface area contributed by atoms with Gasteiger partial charge in [-0.25, -0.2) is 4.68 Å². The minimum absolute atomic E-state index is 0.114. The largest absolute Gasteiger partial charge is 0.416 e. The Bertz CT molecular complexity index is 1080. The highest BCUT2D eigenvalue weighted by Gasteiger charge is 2.31. The minimum atomic E-state index is -4.49. The number of benzene rings is 1. The van der Waals surface area contributed by atoms with E-state index in [1.807, 2.05) is 4.90 Å². The van der Waals surface area contributed by atoms with Crippen LogP contribution in [0.25, 0.3) is 16.7 Å². The molecule has 0 saturated carbocycles. The van der Waals surface area contributed by atoms with Crippen LogP contribution in [-0.2, 0) is 6.18 Å². The maximum atomic E-state index is 12.9. The molecule has 27 heavy (non-hydrogen) atoms. The SMILES string of the molecule is Cc1c2c(=O)[nH]c(N3CCCC3)nc2nn1-c1ccc(C(F)(F)F)cc1Cl. The average molecular weight is 398 g/mol. The highest BCUT2D eigenvalue weighted by molar-refractivity contribution is 6.32. The van der Waals surface area contributed by atoms with Crippen molar-refractivity contribution in [2.75, 3.05) is 18.0 Å². The summed E-state index contributed by atoms with van der Waals surface area (Å²) in [5, 5.41) is 4.49. The van der Waals surface area contributed by atoms with Crippen LogP contribution in [0.5, 0.6) is 0 Å². The molecule has 3 aromatic rings. The number of hydrogen-bond donors (Lipinski definition) is 1. The van der Waals surface area contributed by atoms with Crippen LogP contribution in [0.15, 0.2) is 23.0 Å². The molecule has 6 nitrogen and oxygen atoms in total. The van der Waals surface area contributed by atoms with E-state index in [1.165, 1.54) is 10.7 Å². The van der Waals surface area contributed by atoms with E-state index in [4.69, 9.17) is 11.6 Å². The Morgan fingerprint density at radius 3 is 2.56 bits per heavy atom. The fourth-order valence-corrected chi connectivity index (χ4v) is 3.55. The van der Waals surface area contributed by atoms with E-state index in [0.717, 1.165) is 38.1 Å². The zero-order valence-electron chi connectivity index (χ0n) is 14.3. The summed E-state index contributed by atoms with van der Waals surface area (Å²) < 4.78 is 39.9. The fourth-order valence-electron chi connectivity index (χ4n) is 3.29. The minimum Gasteiger partial charge on any atom is -0.342 e. The van der Waals surface area contributed by atoms with Gasteiger partial charge in [0.1, 0.15) is 5.39 Å². The number of nitrogens with one attached hydrogen (secondary N) is 1. The van der Waals surface area contributed by atoms with Crippen LogP contribution in [0.3, 0.4) is 0 Å². The summed E-state index contributed by atoms with van der Waals surface area (Å²) in [5.41, 5.74) is -0.253. The third-order valence-corrected chi connectivity index (χ3v) is 4.97. The molecule has 1 fully saturated rings. The summed E-state index contributed by atoms with van der Waals surface area (Å²) in [6.45, 7) is 3.26. The first-order valence-corrected chi connectivity index (χ1v) is 8.75. The third kappa shape index (κ3) is 3.05. The summed E-state index contributed by atoms with van der Waals surface area (Å²) in [4.78, 5) is 21.7. The van der Waals surface area contributed by atoms with Crippen LogP contribution in [0.4, 0.5) is 19.1 Å². The van der Waals surface area contributed by atoms with Gasteiger partial charge < -0.3 is 4.90 Å². The van der Waals surface area contributed by atoms with E-state index >= 15 is 0 Å². The lowest BCUT2D eigenvalue weighted by molar-refractivity contribution is -0.137. The van der Waals surface area contributed by atoms with Gasteiger partial charge in [-0.1, -0.05) is 11.6 Å². The van der Waals surface area contributed by atoms with Gasteiger partial charge in [0.05, 0.1) is 22.0 Å². The topological polar surface area (TPSA) is 66.8 Å². The second-order valence-corrected chi connectivity index (χ2v) is 6.85. The number of anilines is 1. The number of hydrogen-bond acceptors (Lipinski definition) is 4. The van der Waals surface area contributed by atoms with E-state index in [1.54, 1.807) is 6.92 Å². The normalized spacial score (nSPS) is 15.1. The lowest BCUT2D eigenvalue weighted by Crippen LogP contribution is -2.23. The average Bonchev–Trinajstić information content (AvgIpc) is 3.22. The van der Waals surface area contributed by atoms with Crippen molar-refractivity contribution in [2.24, 2.45) is 0 Å². The third-order valence-electron chi connectivity index (χ3n) is 4.67. The van der Waals surface area contributed by atoms with E-state index in [2.05, 4.69) is 15.1 Å². The van der Waals surface area contributed by atoms with Crippen molar-refractivity contribution in [1.82, 2.24) is 19.7 Å². The molecule has 1 saturated heterocycles. The monoisotopic (exact) mass is 397 g/mol. The van der Waals surface area contributed by atoms with E-state index in [-0.39, 0.29) is 27.3 Å². The first-order chi connectivity index (χ1) is 12.8. The first kappa shape index (κ1) is 17.8. The number of aryl methyl sites for hydroxylation is 1. The van der Waals surface area contributed by atoms with Gasteiger partial charge in [0, 0.05) is 13.1 Å². The number of nitrogens with zero attached hydrogens (tertiary/aromatic N) is 4. The number of rotatable bonds is 2. The number of fused-ring (bicyclic) bond motifs is 1. The summed E-state index contributed by atoms with van der Waals surface area (Å²) in [7, 11) is 0. The summed E-state index contributed by atoms with van der Waals surface area (Å²) >= 11 is 6.07. The van der Waals surface area contributed by atoms with Crippen LogP contribution >= 0.6 is 11.6 Å². The number of H-pyrrole nitrogens is 1. The van der Waals surface area contributed by atoms with Crippen molar-refractivity contribution in [3.8, 4) is 5.69 Å². The second-order valence-electron chi connectivity index (χ2n) is 6.44. The molecule has 1 aromatic carbocycles. The molecule has 0 radical (unpaired) electrons. The predicted molar refractivity (Wildman–Crippen MR) is 95.7 cm³/mol. The molecule has 10 heteroatoms. The molecule has 0 bridgehead atoms. The Morgan fingerprint density at radius 1 is 1.22 bits per heavy atom. The van der Waals surface area contributed by atoms with E-state index < -0.39 is 11.7 Å². The smallest absolute Gasteiger partial charge is 0.342 e. The van der Waals surface area contributed by atoms with Gasteiger partial charge >= 0.3 is 6.18 Å². The van der Waals surface area contributed by atoms with Crippen molar-refractivity contribution >= 4 is 28.6 Å². The molecule has 3 heterocycles. The molecule has 1 aliphatic rings. The Morgan fingerprint density at radius 2 is 1.93 bits per heavy atom. The van der Waals surface area contributed by atoms with Crippen LogP contribution in [-0.4, -0.2) is 32.8 Å². The predicted octanol–water partition coefficient (Wildman–Crippen LogP) is 3.69. The van der Waals surface area contributed by atoms with Crippen molar-refractivity contribution < 1.29 is 13.2 Å². The van der Waals surface area contributed by atoms with Gasteiger partial charge in [0.25, 0.3) is 5.56 Å². The zero-order valence-corrected chi connectivity index (χ0v) is 15.0.